The summed E-state index contributed by atoms with van der Waals surface area (Å²) in [6.45, 7) is 4.91. The molecule has 1 atom stereocenters. The number of rotatable bonds is 7. The van der Waals surface area contributed by atoms with E-state index < -0.39 is 0 Å². The van der Waals surface area contributed by atoms with E-state index in [0.29, 0.717) is 24.2 Å². The zero-order chi connectivity index (χ0) is 14.4. The first-order chi connectivity index (χ1) is 9.67. The predicted molar refractivity (Wildman–Crippen MR) is 84.6 cm³/mol. The monoisotopic (exact) mass is 355 g/mol. The van der Waals surface area contributed by atoms with Gasteiger partial charge < -0.3 is 9.84 Å². The highest BCUT2D eigenvalue weighted by Gasteiger charge is 2.07. The van der Waals surface area contributed by atoms with Gasteiger partial charge in [0.1, 0.15) is 0 Å². The van der Waals surface area contributed by atoms with Crippen LogP contribution in [0.25, 0.3) is 0 Å². The number of nitrogens with zero attached hydrogens (tertiary/aromatic N) is 2. The molecule has 1 aromatic carbocycles. The standard InChI is InChI=1S/C14H18BrN3OS/c1-3-10(2)16-8-14-17-13(18-19-14)9-20-12-6-4-11(15)5-7-12/h4-7,10,16H,3,8-9H2,1-2H3. The van der Waals surface area contributed by atoms with E-state index >= 15 is 0 Å². The lowest BCUT2D eigenvalue weighted by molar-refractivity contribution is 0.355. The Morgan fingerprint density at radius 3 is 2.80 bits per heavy atom. The van der Waals surface area contributed by atoms with E-state index in [1.54, 1.807) is 11.8 Å². The third kappa shape index (κ3) is 4.92. The topological polar surface area (TPSA) is 51.0 Å². The maximum absolute atomic E-state index is 5.22. The molecule has 0 aliphatic rings. The van der Waals surface area contributed by atoms with Crippen LogP contribution in [-0.2, 0) is 12.3 Å². The highest BCUT2D eigenvalue weighted by Crippen LogP contribution is 2.23. The Morgan fingerprint density at radius 2 is 2.10 bits per heavy atom. The normalized spacial score (nSPS) is 12.6. The minimum absolute atomic E-state index is 0.461. The lowest BCUT2D eigenvalue weighted by Gasteiger charge is -2.07. The third-order valence-electron chi connectivity index (χ3n) is 2.91. The van der Waals surface area contributed by atoms with Crippen LogP contribution in [0.15, 0.2) is 38.2 Å². The van der Waals surface area contributed by atoms with Gasteiger partial charge in [-0.1, -0.05) is 28.0 Å². The van der Waals surface area contributed by atoms with Gasteiger partial charge in [0.25, 0.3) is 0 Å². The Morgan fingerprint density at radius 1 is 1.35 bits per heavy atom. The molecule has 0 saturated heterocycles. The summed E-state index contributed by atoms with van der Waals surface area (Å²) in [6, 6.07) is 8.66. The van der Waals surface area contributed by atoms with Crippen molar-refractivity contribution in [2.45, 2.75) is 43.5 Å². The highest BCUT2D eigenvalue weighted by molar-refractivity contribution is 9.10. The van der Waals surface area contributed by atoms with Crippen LogP contribution in [0.3, 0.4) is 0 Å². The van der Waals surface area contributed by atoms with Crippen molar-refractivity contribution >= 4 is 27.7 Å². The summed E-state index contributed by atoms with van der Waals surface area (Å²) in [4.78, 5) is 5.57. The van der Waals surface area contributed by atoms with Gasteiger partial charge in [-0.2, -0.15) is 4.98 Å². The Bertz CT molecular complexity index is 529. The fourth-order valence-electron chi connectivity index (χ4n) is 1.51. The molecule has 0 aliphatic carbocycles. The number of thioether (sulfide) groups is 1. The van der Waals surface area contributed by atoms with Crippen molar-refractivity contribution in [2.24, 2.45) is 0 Å². The van der Waals surface area contributed by atoms with E-state index in [1.807, 2.05) is 12.1 Å². The van der Waals surface area contributed by atoms with Gasteiger partial charge in [-0.05, 0) is 37.6 Å². The van der Waals surface area contributed by atoms with Crippen molar-refractivity contribution in [3.05, 3.63) is 40.5 Å². The van der Waals surface area contributed by atoms with Crippen LogP contribution in [-0.4, -0.2) is 16.2 Å². The van der Waals surface area contributed by atoms with Gasteiger partial charge >= 0.3 is 0 Å². The van der Waals surface area contributed by atoms with Gasteiger partial charge in [0, 0.05) is 15.4 Å². The molecule has 1 unspecified atom stereocenters. The molecule has 0 radical (unpaired) electrons. The second-order valence-electron chi connectivity index (χ2n) is 4.54. The first-order valence-electron chi connectivity index (χ1n) is 6.60. The molecule has 2 rings (SSSR count). The zero-order valence-electron chi connectivity index (χ0n) is 11.6. The van der Waals surface area contributed by atoms with Gasteiger partial charge in [0.15, 0.2) is 5.82 Å². The van der Waals surface area contributed by atoms with Crippen molar-refractivity contribution in [2.75, 3.05) is 0 Å². The number of benzene rings is 1. The van der Waals surface area contributed by atoms with E-state index in [-0.39, 0.29) is 0 Å². The average Bonchev–Trinajstić information content (AvgIpc) is 2.92. The molecule has 0 bridgehead atoms. The second kappa shape index (κ2) is 7.81. The molecular weight excluding hydrogens is 338 g/mol. The lowest BCUT2D eigenvalue weighted by Crippen LogP contribution is -2.24. The first kappa shape index (κ1) is 15.5. The number of hydrogen-bond donors (Lipinski definition) is 1. The predicted octanol–water partition coefficient (Wildman–Crippen LogP) is 4.01. The van der Waals surface area contributed by atoms with E-state index in [1.165, 1.54) is 4.90 Å². The summed E-state index contributed by atoms with van der Waals surface area (Å²) in [5.74, 6) is 2.10. The van der Waals surface area contributed by atoms with Crippen LogP contribution in [0.4, 0.5) is 0 Å². The molecule has 1 N–H and O–H groups in total. The quantitative estimate of drug-likeness (QED) is 0.760. The number of nitrogens with one attached hydrogen (secondary N) is 1. The summed E-state index contributed by atoms with van der Waals surface area (Å²) in [7, 11) is 0. The molecule has 108 valence electrons. The third-order valence-corrected chi connectivity index (χ3v) is 4.44. The SMILES string of the molecule is CCC(C)NCc1nc(CSc2ccc(Br)cc2)no1. The summed E-state index contributed by atoms with van der Waals surface area (Å²) in [5.41, 5.74) is 0. The molecule has 20 heavy (non-hydrogen) atoms. The molecule has 0 fully saturated rings. The van der Waals surface area contributed by atoms with Gasteiger partial charge in [0.05, 0.1) is 12.3 Å². The van der Waals surface area contributed by atoms with Gasteiger partial charge in [-0.25, -0.2) is 0 Å². The van der Waals surface area contributed by atoms with Crippen LogP contribution in [0, 0.1) is 0 Å². The van der Waals surface area contributed by atoms with Gasteiger partial charge in [-0.15, -0.1) is 11.8 Å². The zero-order valence-corrected chi connectivity index (χ0v) is 14.0. The highest BCUT2D eigenvalue weighted by atomic mass is 79.9. The van der Waals surface area contributed by atoms with Crippen LogP contribution >= 0.6 is 27.7 Å². The summed E-state index contributed by atoms with van der Waals surface area (Å²) in [6.07, 6.45) is 1.08. The number of halogens is 1. The van der Waals surface area contributed by atoms with Crippen LogP contribution < -0.4 is 5.32 Å². The Balaban J connectivity index is 1.82. The second-order valence-corrected chi connectivity index (χ2v) is 6.50. The smallest absolute Gasteiger partial charge is 0.240 e. The van der Waals surface area contributed by atoms with Crippen molar-refractivity contribution in [3.63, 3.8) is 0 Å². The molecule has 4 nitrogen and oxygen atoms in total. The maximum Gasteiger partial charge on any atom is 0.240 e. The largest absolute Gasteiger partial charge is 0.338 e. The Hall–Kier alpha value is -0.850. The fraction of sp³-hybridized carbons (Fsp3) is 0.429. The van der Waals surface area contributed by atoms with Gasteiger partial charge in [-0.3, -0.25) is 0 Å². The van der Waals surface area contributed by atoms with Gasteiger partial charge in [0.2, 0.25) is 5.89 Å². The van der Waals surface area contributed by atoms with E-state index in [4.69, 9.17) is 4.52 Å². The maximum atomic E-state index is 5.22. The lowest BCUT2D eigenvalue weighted by atomic mass is 10.3. The van der Waals surface area contributed by atoms with E-state index in [2.05, 4.69) is 57.4 Å². The van der Waals surface area contributed by atoms with Crippen molar-refractivity contribution in [3.8, 4) is 0 Å². The summed E-state index contributed by atoms with van der Waals surface area (Å²) < 4.78 is 6.31. The van der Waals surface area contributed by atoms with Crippen molar-refractivity contribution < 1.29 is 4.52 Å². The molecule has 0 aliphatic heterocycles. The summed E-state index contributed by atoms with van der Waals surface area (Å²) in [5, 5.41) is 7.33. The van der Waals surface area contributed by atoms with Crippen LogP contribution in [0.1, 0.15) is 32.0 Å². The molecule has 6 heteroatoms. The molecular formula is C14H18BrN3OS. The molecule has 1 heterocycles. The minimum atomic E-state index is 0.461. The van der Waals surface area contributed by atoms with E-state index in [0.717, 1.165) is 16.7 Å². The van der Waals surface area contributed by atoms with Crippen molar-refractivity contribution in [1.82, 2.24) is 15.5 Å². The Labute approximate surface area is 131 Å². The Kier molecular flexibility index (Phi) is 6.06. The number of aromatic nitrogens is 2. The average molecular weight is 356 g/mol. The van der Waals surface area contributed by atoms with Crippen LogP contribution in [0.2, 0.25) is 0 Å². The fourth-order valence-corrected chi connectivity index (χ4v) is 2.51. The molecule has 0 amide bonds. The first-order valence-corrected chi connectivity index (χ1v) is 8.38. The van der Waals surface area contributed by atoms with E-state index in [9.17, 15) is 0 Å². The summed E-state index contributed by atoms with van der Waals surface area (Å²) >= 11 is 5.12. The molecule has 2 aromatic rings. The minimum Gasteiger partial charge on any atom is -0.338 e. The van der Waals surface area contributed by atoms with Crippen molar-refractivity contribution in [1.29, 1.82) is 0 Å². The molecule has 1 aromatic heterocycles. The number of hydrogen-bond acceptors (Lipinski definition) is 5. The van der Waals surface area contributed by atoms with Crippen LogP contribution in [0.5, 0.6) is 0 Å². The molecule has 0 spiro atoms. The molecule has 0 saturated carbocycles.